The first-order valence-corrected chi connectivity index (χ1v) is 12.2. The van der Waals surface area contributed by atoms with Gasteiger partial charge in [-0.1, -0.05) is 35.6 Å². The second-order valence-electron chi connectivity index (χ2n) is 9.54. The minimum atomic E-state index is -1.29. The van der Waals surface area contributed by atoms with Crippen LogP contribution in [0.25, 0.3) is 11.0 Å². The van der Waals surface area contributed by atoms with Crippen LogP contribution in [-0.2, 0) is 30.5 Å². The summed E-state index contributed by atoms with van der Waals surface area (Å²) in [6, 6.07) is 6.54. The highest BCUT2D eigenvalue weighted by molar-refractivity contribution is 5.99. The van der Waals surface area contributed by atoms with Gasteiger partial charge in [0.15, 0.2) is 0 Å². The van der Waals surface area contributed by atoms with Crippen molar-refractivity contribution in [3.63, 3.8) is 0 Å². The number of aliphatic hydroxyl groups is 1. The molecule has 188 valence electrons. The molecule has 11 nitrogen and oxygen atoms in total. The number of amides is 2. The summed E-state index contributed by atoms with van der Waals surface area (Å²) in [6.07, 6.45) is 7.44. The summed E-state index contributed by atoms with van der Waals surface area (Å²) in [4.78, 5) is 44.0. The molecule has 0 saturated carbocycles. The summed E-state index contributed by atoms with van der Waals surface area (Å²) >= 11 is 0. The monoisotopic (exact) mass is 493 g/mol. The zero-order valence-corrected chi connectivity index (χ0v) is 19.6. The number of cyclic esters (lactones) is 1. The van der Waals surface area contributed by atoms with Crippen LogP contribution in [0.2, 0.25) is 0 Å². The molecule has 0 radical (unpaired) electrons. The van der Waals surface area contributed by atoms with Crippen LogP contribution in [0.15, 0.2) is 48.6 Å². The van der Waals surface area contributed by atoms with Crippen molar-refractivity contribution in [1.82, 2.24) is 24.8 Å². The van der Waals surface area contributed by atoms with E-state index in [2.05, 4.69) is 10.3 Å². The molecule has 2 aromatic rings. The lowest BCUT2D eigenvalue weighted by molar-refractivity contribution is -0.153. The number of hydrogen-bond acceptors (Lipinski definition) is 8. The average molecular weight is 494 g/mol. The molecule has 1 spiro atoms. The summed E-state index contributed by atoms with van der Waals surface area (Å²) in [6.45, 7) is 0.817. The summed E-state index contributed by atoms with van der Waals surface area (Å²) < 4.78 is 13.5. The van der Waals surface area contributed by atoms with Gasteiger partial charge in [-0.25, -0.2) is 4.68 Å². The van der Waals surface area contributed by atoms with Gasteiger partial charge in [0.05, 0.1) is 17.5 Å². The molecule has 2 saturated heterocycles. The van der Waals surface area contributed by atoms with Gasteiger partial charge in [-0.05, 0) is 31.1 Å². The number of para-hydroxylation sites is 1. The van der Waals surface area contributed by atoms with E-state index in [1.807, 2.05) is 30.3 Å². The van der Waals surface area contributed by atoms with Crippen LogP contribution in [-0.4, -0.2) is 91.7 Å². The molecule has 11 heteroatoms. The topological polar surface area (TPSA) is 127 Å². The molecule has 5 heterocycles. The van der Waals surface area contributed by atoms with Gasteiger partial charge < -0.3 is 24.4 Å². The van der Waals surface area contributed by atoms with Crippen LogP contribution in [0, 0.1) is 11.8 Å². The second kappa shape index (κ2) is 8.82. The van der Waals surface area contributed by atoms with E-state index in [0.717, 1.165) is 11.0 Å². The average Bonchev–Trinajstić information content (AvgIpc) is 3.42. The maximum atomic E-state index is 14.1. The second-order valence-corrected chi connectivity index (χ2v) is 9.54. The van der Waals surface area contributed by atoms with Crippen molar-refractivity contribution in [2.45, 2.75) is 37.3 Å². The minimum Gasteiger partial charge on any atom is -0.461 e. The number of carbonyl (C=O) groups excluding carboxylic acids is 3. The number of esters is 1. The molecule has 0 aliphatic carbocycles. The molecule has 2 fully saturated rings. The predicted molar refractivity (Wildman–Crippen MR) is 125 cm³/mol. The number of aromatic nitrogens is 3. The Hall–Kier alpha value is -3.57. The number of ether oxygens (including phenoxy) is 2. The summed E-state index contributed by atoms with van der Waals surface area (Å²) in [5.41, 5.74) is 0.224. The molecular formula is C25H27N5O6. The van der Waals surface area contributed by atoms with Crippen molar-refractivity contribution in [2.24, 2.45) is 11.8 Å². The van der Waals surface area contributed by atoms with Crippen molar-refractivity contribution in [2.75, 3.05) is 26.3 Å². The molecule has 2 amide bonds. The Morgan fingerprint density at radius 2 is 1.97 bits per heavy atom. The zero-order valence-electron chi connectivity index (χ0n) is 19.6. The van der Waals surface area contributed by atoms with Crippen LogP contribution < -0.4 is 0 Å². The van der Waals surface area contributed by atoms with E-state index in [0.29, 0.717) is 12.8 Å². The van der Waals surface area contributed by atoms with Crippen LogP contribution in [0.1, 0.15) is 12.8 Å². The zero-order chi connectivity index (χ0) is 24.9. The molecule has 1 unspecified atom stereocenters. The van der Waals surface area contributed by atoms with Crippen molar-refractivity contribution in [3.05, 3.63) is 48.6 Å². The highest BCUT2D eigenvalue weighted by Crippen LogP contribution is 2.53. The Morgan fingerprint density at radius 1 is 1.11 bits per heavy atom. The summed E-state index contributed by atoms with van der Waals surface area (Å²) in [5.74, 6) is -2.78. The van der Waals surface area contributed by atoms with E-state index < -0.39 is 35.6 Å². The Balaban J connectivity index is 1.38. The lowest BCUT2D eigenvalue weighted by atomic mass is 9.78. The number of nitrogens with zero attached hydrogens (tertiary/aromatic N) is 5. The van der Waals surface area contributed by atoms with Crippen LogP contribution in [0.3, 0.4) is 0 Å². The third-order valence-electron chi connectivity index (χ3n) is 7.53. The number of likely N-dealkylation sites (tertiary alicyclic amines) is 1. The van der Waals surface area contributed by atoms with Crippen LogP contribution in [0.5, 0.6) is 0 Å². The summed E-state index contributed by atoms with van der Waals surface area (Å²) in [7, 11) is 0. The Kier molecular flexibility index (Phi) is 5.60. The maximum Gasteiger partial charge on any atom is 0.313 e. The molecule has 1 aromatic carbocycles. The van der Waals surface area contributed by atoms with E-state index in [4.69, 9.17) is 9.47 Å². The van der Waals surface area contributed by atoms with Gasteiger partial charge in [0.2, 0.25) is 5.91 Å². The number of hydrogen-bond donors (Lipinski definition) is 1. The van der Waals surface area contributed by atoms with Gasteiger partial charge in [0.1, 0.15) is 36.4 Å². The quantitative estimate of drug-likeness (QED) is 0.345. The van der Waals surface area contributed by atoms with Crippen molar-refractivity contribution in [3.8, 4) is 0 Å². The lowest BCUT2D eigenvalue weighted by Crippen LogP contribution is -2.55. The van der Waals surface area contributed by atoms with Gasteiger partial charge >= 0.3 is 5.97 Å². The van der Waals surface area contributed by atoms with Gasteiger partial charge in [0.25, 0.3) is 5.91 Å². The summed E-state index contributed by atoms with van der Waals surface area (Å²) in [5, 5.41) is 17.7. The standard InChI is InChI=1S/C25H27N5O6/c31-13-4-3-12-29-21-23(33)28(15-30-17-8-2-1-7-16(17)26-27-30)11-6-10-25(21)20(22(29)32)19-18(36-25)9-5-14-35-24(19)34/h1-2,5-10,18-21,31H,3-4,11-15H2/t18-,19+,20-,21?,25-/m0/s1. The minimum absolute atomic E-state index is 0.0149. The fourth-order valence-electron chi connectivity index (χ4n) is 5.96. The maximum absolute atomic E-state index is 14.1. The Labute approximate surface area is 206 Å². The molecule has 1 aromatic heterocycles. The molecule has 4 aliphatic heterocycles. The Morgan fingerprint density at radius 3 is 2.83 bits per heavy atom. The number of carbonyl (C=O) groups is 3. The van der Waals surface area contributed by atoms with Gasteiger partial charge in [-0.2, -0.15) is 0 Å². The highest BCUT2D eigenvalue weighted by atomic mass is 16.6. The largest absolute Gasteiger partial charge is 0.461 e. The Bertz CT molecular complexity index is 1270. The molecule has 0 bridgehead atoms. The SMILES string of the molecule is O=C1OCC=C[C@@H]2O[C@]34C=CCN(Cn5nnc6ccccc65)C(=O)C3N(CCCCO)C(=O)[C@@H]4[C@H]12. The van der Waals surface area contributed by atoms with Crippen molar-refractivity contribution >= 4 is 28.8 Å². The number of rotatable bonds is 6. The molecule has 1 N–H and O–H groups in total. The number of benzene rings is 1. The molecular weight excluding hydrogens is 466 g/mol. The van der Waals surface area contributed by atoms with Gasteiger partial charge in [0, 0.05) is 19.7 Å². The van der Waals surface area contributed by atoms with Gasteiger partial charge in [-0.15, -0.1) is 5.10 Å². The van der Waals surface area contributed by atoms with E-state index in [1.54, 1.807) is 27.8 Å². The molecule has 36 heavy (non-hydrogen) atoms. The first-order chi connectivity index (χ1) is 17.5. The van der Waals surface area contributed by atoms with Crippen molar-refractivity contribution < 1.29 is 29.0 Å². The molecule has 5 atom stereocenters. The first kappa shape index (κ1) is 22.9. The van der Waals surface area contributed by atoms with E-state index in [9.17, 15) is 19.5 Å². The third-order valence-corrected chi connectivity index (χ3v) is 7.53. The normalized spacial score (nSPS) is 31.3. The molecule has 6 rings (SSSR count). The highest BCUT2D eigenvalue weighted by Gasteiger charge is 2.71. The number of aliphatic hydroxyl groups excluding tert-OH is 1. The number of fused-ring (bicyclic) bond motifs is 3. The van der Waals surface area contributed by atoms with Crippen LogP contribution in [0.4, 0.5) is 0 Å². The van der Waals surface area contributed by atoms with E-state index in [-0.39, 0.29) is 44.8 Å². The van der Waals surface area contributed by atoms with E-state index in [1.165, 1.54) is 4.90 Å². The first-order valence-electron chi connectivity index (χ1n) is 12.2. The fraction of sp³-hybridized carbons (Fsp3) is 0.480. The smallest absolute Gasteiger partial charge is 0.313 e. The number of unbranched alkanes of at least 4 members (excludes halogenated alkanes) is 1. The van der Waals surface area contributed by atoms with Crippen molar-refractivity contribution in [1.29, 1.82) is 0 Å². The third kappa shape index (κ3) is 3.37. The molecule has 4 aliphatic rings. The lowest BCUT2D eigenvalue weighted by Gasteiger charge is -2.35. The predicted octanol–water partition coefficient (Wildman–Crippen LogP) is 0.254. The van der Waals surface area contributed by atoms with E-state index >= 15 is 0 Å². The van der Waals surface area contributed by atoms with Crippen LogP contribution >= 0.6 is 0 Å². The fourth-order valence-corrected chi connectivity index (χ4v) is 5.96. The van der Waals surface area contributed by atoms with Gasteiger partial charge in [-0.3, -0.25) is 14.4 Å².